The smallest absolute Gasteiger partial charge is 0.231 e. The Kier molecular flexibility index (Phi) is 2.82. The molecule has 4 nitrogen and oxygen atoms in total. The fourth-order valence-corrected chi connectivity index (χ4v) is 2.23. The van der Waals surface area contributed by atoms with Crippen LogP contribution >= 0.6 is 0 Å². The molecule has 0 saturated heterocycles. The van der Waals surface area contributed by atoms with E-state index in [9.17, 15) is 0 Å². The van der Waals surface area contributed by atoms with Crippen LogP contribution in [0, 0.1) is 6.92 Å². The summed E-state index contributed by atoms with van der Waals surface area (Å²) in [6, 6.07) is 0.528. The maximum atomic E-state index is 5.22. The molecule has 2 atom stereocenters. The minimum absolute atomic E-state index is 0.427. The fourth-order valence-electron chi connectivity index (χ4n) is 2.23. The average molecular weight is 195 g/mol. The van der Waals surface area contributed by atoms with E-state index in [1.807, 2.05) is 6.92 Å². The maximum Gasteiger partial charge on any atom is 0.231 e. The lowest BCUT2D eigenvalue weighted by Crippen LogP contribution is -2.31. The van der Waals surface area contributed by atoms with Crippen molar-refractivity contribution in [2.45, 2.75) is 45.1 Å². The SMILES string of the molecule is CCNC1CCCC1c1nc(C)no1. The fraction of sp³-hybridized carbons (Fsp3) is 0.800. The van der Waals surface area contributed by atoms with E-state index in [-0.39, 0.29) is 0 Å². The normalized spacial score (nSPS) is 27.0. The van der Waals surface area contributed by atoms with Gasteiger partial charge in [0.2, 0.25) is 5.89 Å². The Labute approximate surface area is 84.1 Å². The first-order chi connectivity index (χ1) is 6.81. The van der Waals surface area contributed by atoms with Gasteiger partial charge in [0, 0.05) is 6.04 Å². The molecule has 0 bridgehead atoms. The van der Waals surface area contributed by atoms with E-state index >= 15 is 0 Å². The van der Waals surface area contributed by atoms with E-state index < -0.39 is 0 Å². The number of hydrogen-bond donors (Lipinski definition) is 1. The number of aromatic nitrogens is 2. The van der Waals surface area contributed by atoms with Gasteiger partial charge in [0.15, 0.2) is 5.82 Å². The van der Waals surface area contributed by atoms with Crippen LogP contribution in [0.1, 0.15) is 43.8 Å². The Morgan fingerprint density at radius 3 is 3.00 bits per heavy atom. The zero-order chi connectivity index (χ0) is 9.97. The largest absolute Gasteiger partial charge is 0.339 e. The summed E-state index contributed by atoms with van der Waals surface area (Å²) in [6.45, 7) is 5.01. The summed E-state index contributed by atoms with van der Waals surface area (Å²) in [5.41, 5.74) is 0. The quantitative estimate of drug-likeness (QED) is 0.796. The van der Waals surface area contributed by atoms with Crippen molar-refractivity contribution >= 4 is 0 Å². The molecular weight excluding hydrogens is 178 g/mol. The standard InChI is InChI=1S/C10H17N3O/c1-3-11-9-6-4-5-8(9)10-12-7(2)13-14-10/h8-9,11H,3-6H2,1-2H3. The minimum atomic E-state index is 0.427. The summed E-state index contributed by atoms with van der Waals surface area (Å²) in [5.74, 6) is 1.98. The van der Waals surface area contributed by atoms with Crippen LogP contribution in [-0.2, 0) is 0 Å². The number of rotatable bonds is 3. The lowest BCUT2D eigenvalue weighted by molar-refractivity contribution is 0.330. The van der Waals surface area contributed by atoms with Crippen LogP contribution in [0.3, 0.4) is 0 Å². The van der Waals surface area contributed by atoms with E-state index in [1.165, 1.54) is 19.3 Å². The van der Waals surface area contributed by atoms with Gasteiger partial charge in [-0.05, 0) is 26.3 Å². The van der Waals surface area contributed by atoms with Crippen LogP contribution in [0.5, 0.6) is 0 Å². The van der Waals surface area contributed by atoms with Gasteiger partial charge < -0.3 is 9.84 Å². The molecule has 0 amide bonds. The second-order valence-corrected chi connectivity index (χ2v) is 3.88. The molecule has 0 radical (unpaired) electrons. The Morgan fingerprint density at radius 1 is 1.50 bits per heavy atom. The number of nitrogens with one attached hydrogen (secondary N) is 1. The second-order valence-electron chi connectivity index (χ2n) is 3.88. The van der Waals surface area contributed by atoms with Crippen LogP contribution in [0.25, 0.3) is 0 Å². The van der Waals surface area contributed by atoms with Crippen molar-refractivity contribution in [1.29, 1.82) is 0 Å². The van der Waals surface area contributed by atoms with E-state index in [0.717, 1.165) is 18.3 Å². The summed E-state index contributed by atoms with van der Waals surface area (Å²) in [7, 11) is 0. The molecule has 1 aromatic heterocycles. The van der Waals surface area contributed by atoms with Crippen molar-refractivity contribution in [1.82, 2.24) is 15.5 Å². The first-order valence-electron chi connectivity index (χ1n) is 5.35. The van der Waals surface area contributed by atoms with E-state index in [0.29, 0.717) is 12.0 Å². The zero-order valence-corrected chi connectivity index (χ0v) is 8.79. The Morgan fingerprint density at radius 2 is 2.36 bits per heavy atom. The lowest BCUT2D eigenvalue weighted by Gasteiger charge is -2.16. The highest BCUT2D eigenvalue weighted by atomic mass is 16.5. The molecule has 1 heterocycles. The maximum absolute atomic E-state index is 5.22. The van der Waals surface area contributed by atoms with E-state index in [1.54, 1.807) is 0 Å². The van der Waals surface area contributed by atoms with Gasteiger partial charge in [0.05, 0.1) is 5.92 Å². The topological polar surface area (TPSA) is 51.0 Å². The molecule has 1 fully saturated rings. The predicted octanol–water partition coefficient (Wildman–Crippen LogP) is 1.62. The van der Waals surface area contributed by atoms with Gasteiger partial charge in [-0.3, -0.25) is 0 Å². The number of aryl methyl sites for hydroxylation is 1. The molecule has 0 aliphatic heterocycles. The Bertz CT molecular complexity index is 297. The summed E-state index contributed by atoms with van der Waals surface area (Å²) < 4.78 is 5.22. The molecule has 0 spiro atoms. The lowest BCUT2D eigenvalue weighted by atomic mass is 10.0. The van der Waals surface area contributed by atoms with Gasteiger partial charge in [-0.25, -0.2) is 0 Å². The molecule has 1 N–H and O–H groups in total. The summed E-state index contributed by atoms with van der Waals surface area (Å²) in [5, 5.41) is 7.32. The summed E-state index contributed by atoms with van der Waals surface area (Å²) in [4.78, 5) is 4.31. The van der Waals surface area contributed by atoms with Gasteiger partial charge in [-0.1, -0.05) is 18.5 Å². The van der Waals surface area contributed by atoms with Crippen molar-refractivity contribution in [3.8, 4) is 0 Å². The first kappa shape index (κ1) is 9.65. The molecule has 14 heavy (non-hydrogen) atoms. The molecule has 2 rings (SSSR count). The van der Waals surface area contributed by atoms with E-state index in [4.69, 9.17) is 4.52 Å². The zero-order valence-electron chi connectivity index (χ0n) is 8.79. The van der Waals surface area contributed by atoms with Crippen molar-refractivity contribution in [2.75, 3.05) is 6.54 Å². The van der Waals surface area contributed by atoms with Crippen molar-refractivity contribution in [3.05, 3.63) is 11.7 Å². The predicted molar refractivity (Wildman–Crippen MR) is 53.1 cm³/mol. The van der Waals surface area contributed by atoms with Gasteiger partial charge in [-0.15, -0.1) is 0 Å². The van der Waals surface area contributed by atoms with Crippen LogP contribution in [-0.4, -0.2) is 22.7 Å². The van der Waals surface area contributed by atoms with Crippen molar-refractivity contribution in [3.63, 3.8) is 0 Å². The highest BCUT2D eigenvalue weighted by molar-refractivity contribution is 5.02. The van der Waals surface area contributed by atoms with Crippen LogP contribution < -0.4 is 5.32 Å². The van der Waals surface area contributed by atoms with Crippen LogP contribution in [0.2, 0.25) is 0 Å². The monoisotopic (exact) mass is 195 g/mol. The molecule has 1 aromatic rings. The van der Waals surface area contributed by atoms with Gasteiger partial charge in [0.1, 0.15) is 0 Å². The third-order valence-corrected chi connectivity index (χ3v) is 2.84. The molecule has 1 aliphatic carbocycles. The molecular formula is C10H17N3O. The number of hydrogen-bond acceptors (Lipinski definition) is 4. The third kappa shape index (κ3) is 1.80. The number of nitrogens with zero attached hydrogens (tertiary/aromatic N) is 2. The highest BCUT2D eigenvalue weighted by Gasteiger charge is 2.31. The molecule has 78 valence electrons. The van der Waals surface area contributed by atoms with Gasteiger partial charge >= 0.3 is 0 Å². The molecule has 2 unspecified atom stereocenters. The summed E-state index contributed by atoms with van der Waals surface area (Å²) >= 11 is 0. The van der Waals surface area contributed by atoms with Crippen molar-refractivity contribution in [2.24, 2.45) is 0 Å². The second kappa shape index (κ2) is 4.09. The molecule has 1 saturated carbocycles. The van der Waals surface area contributed by atoms with Crippen molar-refractivity contribution < 1.29 is 4.52 Å². The minimum Gasteiger partial charge on any atom is -0.339 e. The summed E-state index contributed by atoms with van der Waals surface area (Å²) in [6.07, 6.45) is 3.64. The van der Waals surface area contributed by atoms with Gasteiger partial charge in [0.25, 0.3) is 0 Å². The Balaban J connectivity index is 2.09. The van der Waals surface area contributed by atoms with Gasteiger partial charge in [-0.2, -0.15) is 4.98 Å². The molecule has 0 aromatic carbocycles. The van der Waals surface area contributed by atoms with Crippen LogP contribution in [0.15, 0.2) is 4.52 Å². The molecule has 4 heteroatoms. The average Bonchev–Trinajstić information content (AvgIpc) is 2.74. The Hall–Kier alpha value is -0.900. The third-order valence-electron chi connectivity index (χ3n) is 2.84. The van der Waals surface area contributed by atoms with Crippen LogP contribution in [0.4, 0.5) is 0 Å². The number of likely N-dealkylation sites (N-methyl/N-ethyl adjacent to an activating group) is 1. The molecule has 1 aliphatic rings. The first-order valence-corrected chi connectivity index (χ1v) is 5.35. The van der Waals surface area contributed by atoms with E-state index in [2.05, 4.69) is 22.4 Å². The highest BCUT2D eigenvalue weighted by Crippen LogP contribution is 2.33.